The van der Waals surface area contributed by atoms with Crippen LogP contribution in [0.15, 0.2) is 10.8 Å². The molecule has 1 saturated heterocycles. The second-order valence-corrected chi connectivity index (χ2v) is 9.73. The molecule has 1 fully saturated rings. The van der Waals surface area contributed by atoms with Gasteiger partial charge in [-0.1, -0.05) is 0 Å². The van der Waals surface area contributed by atoms with Gasteiger partial charge in [-0.25, -0.2) is 0 Å². The number of carbonyl (C=O) groups excluding carboxylic acids is 1. The molecular formula is C15H29N4O6PS. The van der Waals surface area contributed by atoms with Gasteiger partial charge < -0.3 is 28.7 Å². The van der Waals surface area contributed by atoms with Crippen LogP contribution in [-0.2, 0) is 18.3 Å². The zero-order chi connectivity index (χ0) is 20.4. The number of aliphatic hydroxyl groups excluding tert-OH is 1. The number of hydrogen-bond donors (Lipinski definition) is 3. The number of nitrogens with zero attached hydrogens (tertiary/aromatic N) is 2. The summed E-state index contributed by atoms with van der Waals surface area (Å²) in [6, 6.07) is 0. The molecule has 12 heteroatoms. The highest BCUT2D eigenvalue weighted by atomic mass is 32.2. The van der Waals surface area contributed by atoms with E-state index in [1.807, 2.05) is 0 Å². The van der Waals surface area contributed by atoms with E-state index >= 15 is 0 Å². The maximum Gasteiger partial charge on any atom is 0.356 e. The highest BCUT2D eigenvalue weighted by Gasteiger charge is 2.43. The Bertz CT molecular complexity index is 617. The maximum absolute atomic E-state index is 12.7. The van der Waals surface area contributed by atoms with Crippen molar-refractivity contribution in [3.63, 3.8) is 0 Å². The smallest absolute Gasteiger partial charge is 0.356 e. The van der Waals surface area contributed by atoms with Gasteiger partial charge in [0.15, 0.2) is 0 Å². The number of nitrogens with one attached hydrogen (secondary N) is 1. The molecule has 0 spiro atoms. The van der Waals surface area contributed by atoms with E-state index in [1.54, 1.807) is 34.7 Å². The molecule has 2 rings (SSSR count). The van der Waals surface area contributed by atoms with Crippen LogP contribution in [0.5, 0.6) is 0 Å². The van der Waals surface area contributed by atoms with Gasteiger partial charge in [0.1, 0.15) is 18.8 Å². The van der Waals surface area contributed by atoms with Gasteiger partial charge in [-0.05, 0) is 39.5 Å². The molecule has 2 aliphatic heterocycles. The van der Waals surface area contributed by atoms with Crippen molar-refractivity contribution in [1.82, 2.24) is 15.1 Å². The van der Waals surface area contributed by atoms with E-state index in [2.05, 4.69) is 5.32 Å². The normalized spacial score (nSPS) is 23.8. The first kappa shape index (κ1) is 22.5. The fourth-order valence-electron chi connectivity index (χ4n) is 2.66. The topological polar surface area (TPSA) is 127 Å². The van der Waals surface area contributed by atoms with Gasteiger partial charge in [-0.3, -0.25) is 20.4 Å². The number of carbonyl (C=O) groups is 1. The molecule has 0 aromatic carbocycles. The number of aliphatic hydroxyl groups is 1. The Hall–Kier alpha value is -0.810. The van der Waals surface area contributed by atoms with E-state index in [4.69, 9.17) is 19.5 Å². The molecule has 0 aliphatic carbocycles. The minimum absolute atomic E-state index is 0.0202. The SMILES string of the molecule is CC(C)OP(=O)(COCCN1C(=O)SC2=C(O)N(C)C(N)NC21)OC(C)C. The zero-order valence-electron chi connectivity index (χ0n) is 16.2. The summed E-state index contributed by atoms with van der Waals surface area (Å²) in [5.74, 6) is -0.0202. The average Bonchev–Trinajstić information content (AvgIpc) is 2.84. The molecule has 0 bridgehead atoms. The quantitative estimate of drug-likeness (QED) is 0.374. The molecule has 0 radical (unpaired) electrons. The summed E-state index contributed by atoms with van der Waals surface area (Å²) in [5.41, 5.74) is 5.91. The summed E-state index contributed by atoms with van der Waals surface area (Å²) in [5, 5.41) is 13.0. The predicted molar refractivity (Wildman–Crippen MR) is 103 cm³/mol. The van der Waals surface area contributed by atoms with Crippen molar-refractivity contribution >= 4 is 24.6 Å². The molecule has 2 atom stereocenters. The Morgan fingerprint density at radius 1 is 1.30 bits per heavy atom. The molecule has 27 heavy (non-hydrogen) atoms. The van der Waals surface area contributed by atoms with Crippen LogP contribution in [-0.4, -0.2) is 71.4 Å². The molecule has 4 N–H and O–H groups in total. The minimum atomic E-state index is -3.39. The van der Waals surface area contributed by atoms with Gasteiger partial charge >= 0.3 is 7.60 Å². The van der Waals surface area contributed by atoms with Crippen molar-refractivity contribution in [1.29, 1.82) is 0 Å². The Morgan fingerprint density at radius 3 is 2.44 bits per heavy atom. The summed E-state index contributed by atoms with van der Waals surface area (Å²) in [4.78, 5) is 15.7. The van der Waals surface area contributed by atoms with E-state index in [0.29, 0.717) is 4.91 Å². The summed E-state index contributed by atoms with van der Waals surface area (Å²) < 4.78 is 29.0. The largest absolute Gasteiger partial charge is 0.494 e. The fourth-order valence-corrected chi connectivity index (χ4v) is 5.51. The molecule has 2 heterocycles. The van der Waals surface area contributed by atoms with Gasteiger partial charge in [0.25, 0.3) is 5.24 Å². The summed E-state index contributed by atoms with van der Waals surface area (Å²) in [6.45, 7) is 7.45. The Kier molecular flexibility index (Phi) is 7.60. The lowest BCUT2D eigenvalue weighted by Gasteiger charge is -2.37. The molecule has 0 saturated carbocycles. The number of nitrogens with two attached hydrogens (primary N) is 1. The maximum atomic E-state index is 12.7. The molecule has 2 unspecified atom stereocenters. The first-order valence-corrected chi connectivity index (χ1v) is 11.3. The number of hydrogen-bond acceptors (Lipinski definition) is 10. The number of amides is 1. The van der Waals surface area contributed by atoms with Crippen LogP contribution in [0.2, 0.25) is 0 Å². The fraction of sp³-hybridized carbons (Fsp3) is 0.800. The summed E-state index contributed by atoms with van der Waals surface area (Å²) in [6.07, 6.45) is -1.87. The lowest BCUT2D eigenvalue weighted by atomic mass is 10.3. The highest BCUT2D eigenvalue weighted by molar-refractivity contribution is 8.17. The predicted octanol–water partition coefficient (Wildman–Crippen LogP) is 2.00. The second-order valence-electron chi connectivity index (χ2n) is 6.83. The van der Waals surface area contributed by atoms with Crippen molar-refractivity contribution in [2.45, 2.75) is 52.4 Å². The van der Waals surface area contributed by atoms with Crippen LogP contribution in [0.3, 0.4) is 0 Å². The average molecular weight is 424 g/mol. The van der Waals surface area contributed by atoms with Crippen molar-refractivity contribution in [3.05, 3.63) is 10.8 Å². The monoisotopic (exact) mass is 424 g/mol. The molecule has 0 aromatic heterocycles. The van der Waals surface area contributed by atoms with Crippen LogP contribution in [0, 0.1) is 0 Å². The van der Waals surface area contributed by atoms with Crippen LogP contribution in [0.4, 0.5) is 4.79 Å². The molecule has 2 aliphatic rings. The molecule has 156 valence electrons. The lowest BCUT2D eigenvalue weighted by Crippen LogP contribution is -2.61. The third-order valence-corrected chi connectivity index (χ3v) is 6.78. The molecule has 1 amide bonds. The standard InChI is InChI=1S/C15H29N4O6PS/c1-9(2)24-26(22,25-10(3)4)8-23-7-6-19-12-11(27-15(19)21)13(20)18(5)14(16)17-12/h9-10,12,14,17,20H,6-8,16H2,1-5H3. The van der Waals surface area contributed by atoms with Crippen LogP contribution >= 0.6 is 19.4 Å². The van der Waals surface area contributed by atoms with E-state index < -0.39 is 20.1 Å². The highest BCUT2D eigenvalue weighted by Crippen LogP contribution is 2.50. The Morgan fingerprint density at radius 2 is 1.89 bits per heavy atom. The third kappa shape index (κ3) is 5.60. The second kappa shape index (κ2) is 9.13. The van der Waals surface area contributed by atoms with Crippen molar-refractivity contribution < 1.29 is 28.3 Å². The van der Waals surface area contributed by atoms with Gasteiger partial charge in [-0.15, -0.1) is 0 Å². The van der Waals surface area contributed by atoms with Crippen LogP contribution in [0.25, 0.3) is 0 Å². The zero-order valence-corrected chi connectivity index (χ0v) is 18.0. The lowest BCUT2D eigenvalue weighted by molar-refractivity contribution is 0.0738. The Labute approximate surface area is 163 Å². The van der Waals surface area contributed by atoms with Crippen molar-refractivity contribution in [3.8, 4) is 0 Å². The number of rotatable bonds is 9. The first-order chi connectivity index (χ1) is 12.5. The van der Waals surface area contributed by atoms with Crippen LogP contribution in [0.1, 0.15) is 27.7 Å². The van der Waals surface area contributed by atoms with E-state index in [9.17, 15) is 14.5 Å². The summed E-state index contributed by atoms with van der Waals surface area (Å²) >= 11 is 0.949. The van der Waals surface area contributed by atoms with Gasteiger partial charge in [0.05, 0.1) is 23.7 Å². The van der Waals surface area contributed by atoms with Crippen molar-refractivity contribution in [2.24, 2.45) is 5.73 Å². The van der Waals surface area contributed by atoms with E-state index in [1.165, 1.54) is 9.80 Å². The van der Waals surface area contributed by atoms with Gasteiger partial charge in [0.2, 0.25) is 5.88 Å². The number of ether oxygens (including phenoxy) is 1. The molecule has 0 aromatic rings. The first-order valence-electron chi connectivity index (χ1n) is 8.73. The van der Waals surface area contributed by atoms with Crippen LogP contribution < -0.4 is 11.1 Å². The third-order valence-electron chi connectivity index (χ3n) is 3.76. The van der Waals surface area contributed by atoms with Gasteiger partial charge in [-0.2, -0.15) is 0 Å². The minimum Gasteiger partial charge on any atom is -0.494 e. The number of thioether (sulfide) groups is 1. The molecular weight excluding hydrogens is 395 g/mol. The number of fused-ring (bicyclic) bond motifs is 1. The molecule has 10 nitrogen and oxygen atoms in total. The summed E-state index contributed by atoms with van der Waals surface area (Å²) in [7, 11) is -1.75. The van der Waals surface area contributed by atoms with E-state index in [0.717, 1.165) is 11.8 Å². The Balaban J connectivity index is 1.93. The van der Waals surface area contributed by atoms with E-state index in [-0.39, 0.29) is 42.8 Å². The van der Waals surface area contributed by atoms with Gasteiger partial charge in [0, 0.05) is 13.6 Å². The van der Waals surface area contributed by atoms with Crippen molar-refractivity contribution in [2.75, 3.05) is 26.5 Å².